The lowest BCUT2D eigenvalue weighted by molar-refractivity contribution is -0.124. The van der Waals surface area contributed by atoms with Gasteiger partial charge in [0, 0.05) is 34.1 Å². The third kappa shape index (κ3) is 7.90. The number of halogens is 2. The van der Waals surface area contributed by atoms with Crippen molar-refractivity contribution in [2.24, 2.45) is 5.10 Å². The van der Waals surface area contributed by atoms with Gasteiger partial charge in [-0.25, -0.2) is 5.43 Å². The van der Waals surface area contributed by atoms with Crippen molar-refractivity contribution in [2.45, 2.75) is 33.3 Å². The monoisotopic (exact) mass is 497 g/mol. The van der Waals surface area contributed by atoms with Crippen molar-refractivity contribution in [1.29, 1.82) is 0 Å². The van der Waals surface area contributed by atoms with Crippen LogP contribution in [-0.2, 0) is 16.2 Å². The molecule has 34 heavy (non-hydrogen) atoms. The normalized spacial score (nSPS) is 10.8. The zero-order chi connectivity index (χ0) is 24.5. The van der Waals surface area contributed by atoms with Crippen LogP contribution in [0.3, 0.4) is 0 Å². The van der Waals surface area contributed by atoms with Crippen LogP contribution in [0.2, 0.25) is 10.0 Å². The zero-order valence-electron chi connectivity index (χ0n) is 18.9. The fourth-order valence-electron chi connectivity index (χ4n) is 2.99. The van der Waals surface area contributed by atoms with Crippen molar-refractivity contribution in [1.82, 2.24) is 5.43 Å². The quantitative estimate of drug-likeness (QED) is 0.278. The van der Waals surface area contributed by atoms with Gasteiger partial charge in [0.25, 0.3) is 0 Å². The van der Waals surface area contributed by atoms with Crippen molar-refractivity contribution >= 4 is 46.9 Å². The average molecular weight is 498 g/mol. The summed E-state index contributed by atoms with van der Waals surface area (Å²) in [5.74, 6) is 0.109. The van der Waals surface area contributed by atoms with E-state index in [0.717, 1.165) is 27.9 Å². The Hall–Kier alpha value is -3.35. The minimum atomic E-state index is -0.341. The van der Waals surface area contributed by atoms with E-state index in [1.807, 2.05) is 50.2 Å². The van der Waals surface area contributed by atoms with Crippen molar-refractivity contribution in [3.63, 3.8) is 0 Å². The molecule has 3 rings (SSSR count). The Morgan fingerprint density at radius 1 is 0.941 bits per heavy atom. The largest absolute Gasteiger partial charge is 0.489 e. The molecule has 3 aromatic rings. The smallest absolute Gasteiger partial charge is 0.240 e. The van der Waals surface area contributed by atoms with Gasteiger partial charge in [0.15, 0.2) is 0 Å². The Kier molecular flexibility index (Phi) is 9.08. The molecule has 0 unspecified atom stereocenters. The molecule has 3 aromatic carbocycles. The summed E-state index contributed by atoms with van der Waals surface area (Å²) in [7, 11) is 0. The van der Waals surface area contributed by atoms with E-state index >= 15 is 0 Å². The van der Waals surface area contributed by atoms with E-state index in [2.05, 4.69) is 15.8 Å². The topological polar surface area (TPSA) is 79.8 Å². The van der Waals surface area contributed by atoms with Gasteiger partial charge in [-0.1, -0.05) is 41.4 Å². The van der Waals surface area contributed by atoms with Gasteiger partial charge < -0.3 is 10.1 Å². The molecular weight excluding hydrogens is 473 g/mol. The summed E-state index contributed by atoms with van der Waals surface area (Å²) in [6, 6.07) is 18.3. The molecule has 0 bridgehead atoms. The van der Waals surface area contributed by atoms with E-state index < -0.39 is 0 Å². The van der Waals surface area contributed by atoms with Crippen LogP contribution in [0, 0.1) is 13.8 Å². The number of hydrogen-bond acceptors (Lipinski definition) is 4. The van der Waals surface area contributed by atoms with E-state index in [9.17, 15) is 9.59 Å². The first-order chi connectivity index (χ1) is 16.3. The highest BCUT2D eigenvalue weighted by Gasteiger charge is 2.08. The van der Waals surface area contributed by atoms with Gasteiger partial charge in [-0.15, -0.1) is 0 Å². The van der Waals surface area contributed by atoms with E-state index in [0.29, 0.717) is 22.4 Å². The number of amides is 2. The highest BCUT2D eigenvalue weighted by molar-refractivity contribution is 6.35. The number of benzene rings is 3. The van der Waals surface area contributed by atoms with Gasteiger partial charge in [0.05, 0.1) is 6.21 Å². The Bertz CT molecular complexity index is 1190. The van der Waals surface area contributed by atoms with Gasteiger partial charge in [0.1, 0.15) is 12.4 Å². The number of nitrogens with zero attached hydrogens (tertiary/aromatic N) is 1. The van der Waals surface area contributed by atoms with Crippen LogP contribution < -0.4 is 15.5 Å². The van der Waals surface area contributed by atoms with Gasteiger partial charge in [-0.2, -0.15) is 5.10 Å². The van der Waals surface area contributed by atoms with E-state index in [-0.39, 0.29) is 24.7 Å². The molecule has 0 aromatic heterocycles. The molecule has 6 nitrogen and oxygen atoms in total. The van der Waals surface area contributed by atoms with E-state index in [4.69, 9.17) is 27.9 Å². The SMILES string of the molecule is Cc1ccc(C)c(NC(=O)CCC(=O)NN=Cc2ccc(OCc3ccc(Cl)cc3Cl)cc2)c1. The molecule has 8 heteroatoms. The Morgan fingerprint density at radius 3 is 2.41 bits per heavy atom. The van der Waals surface area contributed by atoms with Gasteiger partial charge in [-0.3, -0.25) is 9.59 Å². The fourth-order valence-corrected chi connectivity index (χ4v) is 3.46. The summed E-state index contributed by atoms with van der Waals surface area (Å²) in [6.45, 7) is 4.19. The van der Waals surface area contributed by atoms with Crippen molar-refractivity contribution in [3.05, 3.63) is 93.0 Å². The van der Waals surface area contributed by atoms with Gasteiger partial charge in [0.2, 0.25) is 11.8 Å². The Balaban J connectivity index is 1.40. The molecule has 0 saturated carbocycles. The lowest BCUT2D eigenvalue weighted by atomic mass is 10.1. The van der Waals surface area contributed by atoms with Gasteiger partial charge in [-0.05, 0) is 73.0 Å². The molecule has 0 radical (unpaired) electrons. The molecule has 0 fully saturated rings. The molecule has 0 aliphatic carbocycles. The summed E-state index contributed by atoms with van der Waals surface area (Å²) in [6.07, 6.45) is 1.63. The second-order valence-corrected chi connectivity index (χ2v) is 8.60. The third-order valence-corrected chi connectivity index (χ3v) is 5.53. The van der Waals surface area contributed by atoms with Crippen LogP contribution in [0.5, 0.6) is 5.75 Å². The number of carbonyl (C=O) groups excluding carboxylic acids is 2. The highest BCUT2D eigenvalue weighted by atomic mass is 35.5. The average Bonchev–Trinajstić information content (AvgIpc) is 2.80. The molecule has 176 valence electrons. The van der Waals surface area contributed by atoms with Crippen LogP contribution in [0.4, 0.5) is 5.69 Å². The maximum absolute atomic E-state index is 12.1. The molecular formula is C26H25Cl2N3O3. The van der Waals surface area contributed by atoms with Crippen molar-refractivity contribution < 1.29 is 14.3 Å². The zero-order valence-corrected chi connectivity index (χ0v) is 20.4. The Labute approximate surface area is 208 Å². The van der Waals surface area contributed by atoms with E-state index in [1.54, 1.807) is 24.3 Å². The predicted octanol–water partition coefficient (Wildman–Crippen LogP) is 6.06. The number of hydrogen-bond donors (Lipinski definition) is 2. The second-order valence-electron chi connectivity index (χ2n) is 7.75. The summed E-state index contributed by atoms with van der Waals surface area (Å²) in [5.41, 5.74) is 6.84. The first kappa shape index (κ1) is 25.3. The number of hydrazone groups is 1. The van der Waals surface area contributed by atoms with Crippen LogP contribution >= 0.6 is 23.2 Å². The first-order valence-electron chi connectivity index (χ1n) is 10.7. The fraction of sp³-hybridized carbons (Fsp3) is 0.192. The summed E-state index contributed by atoms with van der Waals surface area (Å²) < 4.78 is 5.74. The first-order valence-corrected chi connectivity index (χ1v) is 11.4. The lowest BCUT2D eigenvalue weighted by Crippen LogP contribution is -2.20. The molecule has 0 aliphatic rings. The highest BCUT2D eigenvalue weighted by Crippen LogP contribution is 2.23. The minimum Gasteiger partial charge on any atom is -0.489 e. The maximum Gasteiger partial charge on any atom is 0.240 e. The van der Waals surface area contributed by atoms with Crippen molar-refractivity contribution in [3.8, 4) is 5.75 Å². The van der Waals surface area contributed by atoms with Crippen LogP contribution in [0.1, 0.15) is 35.1 Å². The van der Waals surface area contributed by atoms with Crippen molar-refractivity contribution in [2.75, 3.05) is 5.32 Å². The molecule has 0 atom stereocenters. The summed E-state index contributed by atoms with van der Waals surface area (Å²) >= 11 is 12.1. The summed E-state index contributed by atoms with van der Waals surface area (Å²) in [5, 5.41) is 7.91. The second kappa shape index (κ2) is 12.2. The van der Waals surface area contributed by atoms with Crippen LogP contribution in [-0.4, -0.2) is 18.0 Å². The molecule has 0 spiro atoms. The number of nitrogens with one attached hydrogen (secondary N) is 2. The molecule has 2 amide bonds. The third-order valence-electron chi connectivity index (χ3n) is 4.94. The number of rotatable bonds is 9. The van der Waals surface area contributed by atoms with Crippen LogP contribution in [0.15, 0.2) is 65.8 Å². The standard InChI is InChI=1S/C26H25Cl2N3O3/c1-17-3-4-18(2)24(13-17)30-25(32)11-12-26(33)31-29-15-19-5-9-22(10-6-19)34-16-20-7-8-21(27)14-23(20)28/h3-10,13-15H,11-12,16H2,1-2H3,(H,30,32)(H,31,33). The van der Waals surface area contributed by atoms with Crippen LogP contribution in [0.25, 0.3) is 0 Å². The Morgan fingerprint density at radius 2 is 1.68 bits per heavy atom. The van der Waals surface area contributed by atoms with E-state index in [1.165, 1.54) is 6.21 Å². The molecule has 0 aliphatic heterocycles. The van der Waals surface area contributed by atoms with Gasteiger partial charge >= 0.3 is 0 Å². The number of ether oxygens (including phenoxy) is 1. The minimum absolute atomic E-state index is 0.0358. The lowest BCUT2D eigenvalue weighted by Gasteiger charge is -2.09. The summed E-state index contributed by atoms with van der Waals surface area (Å²) in [4.78, 5) is 24.1. The number of aryl methyl sites for hydroxylation is 2. The molecule has 2 N–H and O–H groups in total. The number of anilines is 1. The maximum atomic E-state index is 12.1. The number of carbonyl (C=O) groups is 2. The molecule has 0 saturated heterocycles. The predicted molar refractivity (Wildman–Crippen MR) is 137 cm³/mol. The molecule has 0 heterocycles.